The van der Waals surface area contributed by atoms with Crippen LogP contribution in [-0.2, 0) is 4.79 Å². The lowest BCUT2D eigenvalue weighted by Gasteiger charge is -2.20. The predicted molar refractivity (Wildman–Crippen MR) is 93.5 cm³/mol. The summed E-state index contributed by atoms with van der Waals surface area (Å²) in [7, 11) is 0. The van der Waals surface area contributed by atoms with Crippen LogP contribution < -0.4 is 0 Å². The molecule has 0 fully saturated rings. The number of aliphatic imine (C=N–C) groups is 1. The molecule has 116 valence electrons. The minimum Gasteiger partial charge on any atom is -0.467 e. The predicted octanol–water partition coefficient (Wildman–Crippen LogP) is 3.82. The van der Waals surface area contributed by atoms with Crippen LogP contribution in [0.4, 0.5) is 0 Å². The zero-order chi connectivity index (χ0) is 15.8. The van der Waals surface area contributed by atoms with E-state index in [0.717, 1.165) is 21.5 Å². The van der Waals surface area contributed by atoms with Crippen LogP contribution >= 0.6 is 27.7 Å². The lowest BCUT2D eigenvalue weighted by atomic mass is 10.0. The normalized spacial score (nSPS) is 20.8. The van der Waals surface area contributed by atoms with Crippen molar-refractivity contribution < 1.29 is 9.21 Å². The molecular formula is C16H12BrN3O2S. The molecule has 0 aliphatic carbocycles. The Labute approximate surface area is 145 Å². The van der Waals surface area contributed by atoms with Gasteiger partial charge in [0.15, 0.2) is 5.17 Å². The molecule has 0 radical (unpaired) electrons. The Morgan fingerprint density at radius 2 is 2.09 bits per heavy atom. The van der Waals surface area contributed by atoms with Crippen molar-refractivity contribution in [3.63, 3.8) is 0 Å². The number of rotatable bonds is 2. The fraction of sp³-hybridized carbons (Fsp3) is 0.188. The molecule has 0 bridgehead atoms. The van der Waals surface area contributed by atoms with E-state index in [4.69, 9.17) is 9.52 Å². The van der Waals surface area contributed by atoms with Gasteiger partial charge in [0.2, 0.25) is 0 Å². The van der Waals surface area contributed by atoms with Gasteiger partial charge in [-0.05, 0) is 29.8 Å². The van der Waals surface area contributed by atoms with Crippen LogP contribution in [0.15, 0.2) is 61.6 Å². The highest BCUT2D eigenvalue weighted by molar-refractivity contribution is 9.10. The van der Waals surface area contributed by atoms with E-state index >= 15 is 0 Å². The first-order valence-corrected chi connectivity index (χ1v) is 8.89. The number of thioether (sulfide) groups is 1. The maximum atomic E-state index is 11.5. The zero-order valence-electron chi connectivity index (χ0n) is 12.0. The minimum absolute atomic E-state index is 0.0687. The van der Waals surface area contributed by atoms with E-state index in [1.165, 1.54) is 11.8 Å². The number of amides is 1. The SMILES string of the molecule is O=C1CSC(N2N=C(c3ccc(Br)cc3)CC2c2ccco2)=N1. The number of furan rings is 1. The monoisotopic (exact) mass is 389 g/mol. The summed E-state index contributed by atoms with van der Waals surface area (Å²) in [6, 6.07) is 11.8. The van der Waals surface area contributed by atoms with E-state index in [9.17, 15) is 4.79 Å². The molecule has 0 N–H and O–H groups in total. The number of hydrogen-bond donors (Lipinski definition) is 0. The lowest BCUT2D eigenvalue weighted by molar-refractivity contribution is -0.115. The van der Waals surface area contributed by atoms with Gasteiger partial charge in [-0.2, -0.15) is 10.1 Å². The van der Waals surface area contributed by atoms with Gasteiger partial charge in [-0.1, -0.05) is 39.8 Å². The fourth-order valence-electron chi connectivity index (χ4n) is 2.62. The molecular weight excluding hydrogens is 378 g/mol. The zero-order valence-corrected chi connectivity index (χ0v) is 14.4. The number of halogens is 1. The standard InChI is InChI=1S/C16H12BrN3O2S/c17-11-5-3-10(4-6-11)12-8-13(14-2-1-7-22-14)20(19-12)16-18-15(21)9-23-16/h1-7,13H,8-9H2. The molecule has 1 aromatic heterocycles. The number of carbonyl (C=O) groups excluding carboxylic acids is 1. The number of nitrogens with zero attached hydrogens (tertiary/aromatic N) is 3. The van der Waals surface area contributed by atoms with Crippen molar-refractivity contribution in [1.29, 1.82) is 0 Å². The Morgan fingerprint density at radius 3 is 2.74 bits per heavy atom. The Morgan fingerprint density at radius 1 is 1.26 bits per heavy atom. The Kier molecular flexibility index (Phi) is 3.82. The van der Waals surface area contributed by atoms with Crippen LogP contribution in [-0.4, -0.2) is 27.5 Å². The van der Waals surface area contributed by atoms with Gasteiger partial charge in [-0.25, -0.2) is 5.01 Å². The molecule has 3 heterocycles. The molecule has 1 unspecified atom stereocenters. The number of hydrazone groups is 1. The van der Waals surface area contributed by atoms with Crippen molar-refractivity contribution in [1.82, 2.24) is 5.01 Å². The van der Waals surface area contributed by atoms with Gasteiger partial charge in [0.1, 0.15) is 11.8 Å². The lowest BCUT2D eigenvalue weighted by Crippen LogP contribution is -2.23. The van der Waals surface area contributed by atoms with E-state index in [1.54, 1.807) is 6.26 Å². The third kappa shape index (κ3) is 2.86. The number of amidine groups is 1. The van der Waals surface area contributed by atoms with Crippen molar-refractivity contribution in [2.75, 3.05) is 5.75 Å². The van der Waals surface area contributed by atoms with Crippen molar-refractivity contribution in [2.45, 2.75) is 12.5 Å². The second kappa shape index (κ2) is 5.98. The van der Waals surface area contributed by atoms with Gasteiger partial charge < -0.3 is 4.42 Å². The summed E-state index contributed by atoms with van der Waals surface area (Å²) < 4.78 is 6.59. The molecule has 4 rings (SSSR count). The van der Waals surface area contributed by atoms with E-state index in [-0.39, 0.29) is 11.9 Å². The highest BCUT2D eigenvalue weighted by Gasteiger charge is 2.36. The van der Waals surface area contributed by atoms with E-state index in [1.807, 2.05) is 41.4 Å². The van der Waals surface area contributed by atoms with Crippen LogP contribution in [0.3, 0.4) is 0 Å². The van der Waals surface area contributed by atoms with Gasteiger partial charge in [0.25, 0.3) is 5.91 Å². The van der Waals surface area contributed by atoms with Crippen LogP contribution in [0.25, 0.3) is 0 Å². The van der Waals surface area contributed by atoms with Crippen LogP contribution in [0, 0.1) is 0 Å². The maximum Gasteiger partial charge on any atom is 0.258 e. The van der Waals surface area contributed by atoms with Gasteiger partial charge in [0.05, 0.1) is 17.7 Å². The van der Waals surface area contributed by atoms with Gasteiger partial charge in [-0.15, -0.1) is 0 Å². The van der Waals surface area contributed by atoms with Gasteiger partial charge in [-0.3, -0.25) is 4.79 Å². The second-order valence-corrected chi connectivity index (χ2v) is 7.07. The first-order valence-electron chi connectivity index (χ1n) is 7.11. The Hall–Kier alpha value is -1.86. The number of carbonyl (C=O) groups is 1. The molecule has 0 spiro atoms. The van der Waals surface area contributed by atoms with Gasteiger partial charge in [0, 0.05) is 10.9 Å². The van der Waals surface area contributed by atoms with Crippen LogP contribution in [0.1, 0.15) is 23.8 Å². The van der Waals surface area contributed by atoms with E-state index < -0.39 is 0 Å². The van der Waals surface area contributed by atoms with Crippen molar-refractivity contribution in [3.8, 4) is 0 Å². The molecule has 1 aromatic carbocycles. The summed E-state index contributed by atoms with van der Waals surface area (Å²) in [5, 5.41) is 7.17. The highest BCUT2D eigenvalue weighted by atomic mass is 79.9. The topological polar surface area (TPSA) is 58.2 Å². The largest absolute Gasteiger partial charge is 0.467 e. The summed E-state index contributed by atoms with van der Waals surface area (Å²) >= 11 is 4.86. The molecule has 7 heteroatoms. The smallest absolute Gasteiger partial charge is 0.258 e. The summed E-state index contributed by atoms with van der Waals surface area (Å²) in [5.74, 6) is 1.08. The first-order chi connectivity index (χ1) is 11.2. The first kappa shape index (κ1) is 14.7. The third-order valence-electron chi connectivity index (χ3n) is 3.70. The molecule has 2 aromatic rings. The molecule has 2 aliphatic heterocycles. The molecule has 1 atom stereocenters. The average Bonchev–Trinajstić information content (AvgIpc) is 3.27. The van der Waals surface area contributed by atoms with Crippen LogP contribution in [0.2, 0.25) is 0 Å². The molecule has 23 heavy (non-hydrogen) atoms. The minimum atomic E-state index is -0.115. The summed E-state index contributed by atoms with van der Waals surface area (Å²) in [6.45, 7) is 0. The quantitative estimate of drug-likeness (QED) is 0.782. The molecule has 1 amide bonds. The fourth-order valence-corrected chi connectivity index (χ4v) is 3.67. The van der Waals surface area contributed by atoms with Crippen molar-refractivity contribution in [2.24, 2.45) is 10.1 Å². The average molecular weight is 390 g/mol. The summed E-state index contributed by atoms with van der Waals surface area (Å²) in [6.07, 6.45) is 2.36. The van der Waals surface area contributed by atoms with E-state index in [0.29, 0.717) is 17.3 Å². The highest BCUT2D eigenvalue weighted by Crippen LogP contribution is 2.36. The van der Waals surface area contributed by atoms with Gasteiger partial charge >= 0.3 is 0 Å². The van der Waals surface area contributed by atoms with Crippen molar-refractivity contribution >= 4 is 44.5 Å². The molecule has 0 saturated heterocycles. The number of hydrogen-bond acceptors (Lipinski definition) is 5. The second-order valence-electron chi connectivity index (χ2n) is 5.21. The third-order valence-corrected chi connectivity index (χ3v) is 5.16. The van der Waals surface area contributed by atoms with E-state index in [2.05, 4.69) is 20.9 Å². The van der Waals surface area contributed by atoms with Crippen molar-refractivity contribution in [3.05, 3.63) is 58.5 Å². The molecule has 2 aliphatic rings. The molecule has 5 nitrogen and oxygen atoms in total. The molecule has 0 saturated carbocycles. The Balaban J connectivity index is 1.70. The Bertz CT molecular complexity index is 799. The maximum absolute atomic E-state index is 11.5. The summed E-state index contributed by atoms with van der Waals surface area (Å²) in [4.78, 5) is 15.6. The summed E-state index contributed by atoms with van der Waals surface area (Å²) in [5.41, 5.74) is 2.02. The van der Waals surface area contributed by atoms with Crippen LogP contribution in [0.5, 0.6) is 0 Å². The number of benzene rings is 1.